The molecule has 19 nitrogen and oxygen atoms in total. The number of carboxylic acids is 1. The summed E-state index contributed by atoms with van der Waals surface area (Å²) in [5.74, 6) is -5.30. The van der Waals surface area contributed by atoms with E-state index in [0.29, 0.717) is 0 Å². The molecule has 0 heterocycles. The smallest absolute Gasteiger partial charge is 0.410 e. The van der Waals surface area contributed by atoms with Crippen molar-refractivity contribution in [3.8, 4) is 0 Å². The second kappa shape index (κ2) is 19.0. The summed E-state index contributed by atoms with van der Waals surface area (Å²) in [5.41, 5.74) is -0.748. The van der Waals surface area contributed by atoms with Crippen LogP contribution in [-0.4, -0.2) is 212 Å². The Kier molecular flexibility index (Phi) is 17.0. The Morgan fingerprint density at radius 2 is 0.583 bits per heavy atom. The Balaban J connectivity index is 4.83. The molecule has 0 aromatic rings. The molecule has 0 saturated heterocycles. The van der Waals surface area contributed by atoms with Gasteiger partial charge in [0.15, 0.2) is 0 Å². The highest BCUT2D eigenvalue weighted by Crippen LogP contribution is 2.09. The Bertz CT molecular complexity index is 1240. The predicted octanol–water partition coefficient (Wildman–Crippen LogP) is -2.85. The summed E-state index contributed by atoms with van der Waals surface area (Å²) in [7, 11) is 10.7. The molecule has 0 aliphatic rings. The molecule has 0 atom stereocenters. The molecular formula is C29H50N8O11. The number of hydrogen-bond donors (Lipinski definition) is 1. The van der Waals surface area contributed by atoms with Gasteiger partial charge >= 0.3 is 12.1 Å². The Labute approximate surface area is 280 Å². The van der Waals surface area contributed by atoms with Gasteiger partial charge in [0.05, 0.1) is 39.3 Å². The molecule has 0 aliphatic heterocycles. The molecule has 48 heavy (non-hydrogen) atoms. The molecule has 0 rings (SSSR count). The quantitative estimate of drug-likeness (QED) is 0.175. The maximum Gasteiger partial charge on any atom is 0.410 e. The van der Waals surface area contributed by atoms with Gasteiger partial charge in [0.25, 0.3) is 0 Å². The van der Waals surface area contributed by atoms with Gasteiger partial charge in [-0.3, -0.25) is 38.4 Å². The molecule has 0 unspecified atom stereocenters. The normalized spacial score (nSPS) is 10.6. The van der Waals surface area contributed by atoms with Crippen molar-refractivity contribution in [2.45, 2.75) is 26.4 Å². The zero-order chi connectivity index (χ0) is 37.7. The van der Waals surface area contributed by atoms with E-state index < -0.39 is 98.3 Å². The number of carbonyl (C=O) groups excluding carboxylic acids is 8. The monoisotopic (exact) mass is 686 g/mol. The molecule has 0 saturated carbocycles. The van der Waals surface area contributed by atoms with Crippen LogP contribution in [0.1, 0.15) is 20.8 Å². The highest BCUT2D eigenvalue weighted by Gasteiger charge is 2.26. The first kappa shape index (κ1) is 43.0. The largest absolute Gasteiger partial charge is 0.480 e. The van der Waals surface area contributed by atoms with E-state index in [2.05, 4.69) is 0 Å². The van der Waals surface area contributed by atoms with Crippen molar-refractivity contribution in [3.63, 3.8) is 0 Å². The van der Waals surface area contributed by atoms with Gasteiger partial charge in [0.2, 0.25) is 41.4 Å². The first-order valence-electron chi connectivity index (χ1n) is 14.7. The summed E-state index contributed by atoms with van der Waals surface area (Å²) in [6.45, 7) is 1.77. The molecule has 8 amide bonds. The number of amides is 8. The third-order valence-corrected chi connectivity index (χ3v) is 6.66. The minimum atomic E-state index is -1.21. The molecule has 1 N–H and O–H groups in total. The van der Waals surface area contributed by atoms with Crippen molar-refractivity contribution in [3.05, 3.63) is 0 Å². The highest BCUT2D eigenvalue weighted by molar-refractivity contribution is 5.92. The standard InChI is InChI=1S/C29H50N8O11/c1-29(2,3)48-28(47)37(11)18-26(44)35(9)16-24(42)33(7)14-22(40)31(5)12-20(38)30(4)13-21(39)32(6)15-23(41)34(8)17-25(43)36(10)19-27(45)46/h12-19H2,1-11H3,(H,45,46). The first-order chi connectivity index (χ1) is 21.9. The maximum atomic E-state index is 12.7. The molecule has 272 valence electrons. The molecule has 0 aliphatic carbocycles. The van der Waals surface area contributed by atoms with Crippen molar-refractivity contribution in [1.29, 1.82) is 0 Å². The van der Waals surface area contributed by atoms with Gasteiger partial charge in [-0.05, 0) is 20.8 Å². The third kappa shape index (κ3) is 16.0. The van der Waals surface area contributed by atoms with E-state index in [1.54, 1.807) is 20.8 Å². The predicted molar refractivity (Wildman–Crippen MR) is 170 cm³/mol. The summed E-state index contributed by atoms with van der Waals surface area (Å²) >= 11 is 0. The molecule has 0 radical (unpaired) electrons. The van der Waals surface area contributed by atoms with E-state index in [0.717, 1.165) is 39.2 Å². The molecule has 0 fully saturated rings. The number of carbonyl (C=O) groups is 9. The third-order valence-electron chi connectivity index (χ3n) is 6.66. The Hall–Kier alpha value is -4.97. The lowest BCUT2D eigenvalue weighted by molar-refractivity contribution is -0.146. The van der Waals surface area contributed by atoms with Crippen molar-refractivity contribution < 1.29 is 53.0 Å². The van der Waals surface area contributed by atoms with Crippen LogP contribution in [0.15, 0.2) is 0 Å². The van der Waals surface area contributed by atoms with E-state index in [1.807, 2.05) is 0 Å². The van der Waals surface area contributed by atoms with Crippen molar-refractivity contribution in [2.24, 2.45) is 0 Å². The Morgan fingerprint density at radius 1 is 0.396 bits per heavy atom. The lowest BCUT2D eigenvalue weighted by Gasteiger charge is -2.27. The number of rotatable bonds is 16. The van der Waals surface area contributed by atoms with Gasteiger partial charge in [-0.1, -0.05) is 0 Å². The van der Waals surface area contributed by atoms with Gasteiger partial charge in [-0.15, -0.1) is 0 Å². The fourth-order valence-electron chi connectivity index (χ4n) is 3.49. The van der Waals surface area contributed by atoms with E-state index in [9.17, 15) is 43.2 Å². The van der Waals surface area contributed by atoms with Crippen LogP contribution in [-0.2, 0) is 43.1 Å². The van der Waals surface area contributed by atoms with Crippen LogP contribution >= 0.6 is 0 Å². The molecule has 0 aromatic carbocycles. The van der Waals surface area contributed by atoms with Crippen LogP contribution in [0.25, 0.3) is 0 Å². The lowest BCUT2D eigenvalue weighted by atomic mass is 10.2. The van der Waals surface area contributed by atoms with Crippen LogP contribution in [0.4, 0.5) is 4.79 Å². The number of aliphatic carboxylic acids is 1. The number of carboxylic acid groups (broad SMARTS) is 1. The van der Waals surface area contributed by atoms with E-state index in [-0.39, 0.29) is 13.1 Å². The van der Waals surface area contributed by atoms with Crippen LogP contribution in [0.2, 0.25) is 0 Å². The highest BCUT2D eigenvalue weighted by atomic mass is 16.6. The maximum absolute atomic E-state index is 12.7. The average Bonchev–Trinajstić information content (AvgIpc) is 2.94. The van der Waals surface area contributed by atoms with Crippen LogP contribution < -0.4 is 0 Å². The van der Waals surface area contributed by atoms with Crippen LogP contribution in [0, 0.1) is 0 Å². The summed E-state index contributed by atoms with van der Waals surface area (Å²) < 4.78 is 5.20. The number of likely N-dealkylation sites (N-methyl/N-ethyl adjacent to an activating group) is 8. The fraction of sp³-hybridized carbons (Fsp3) is 0.690. The van der Waals surface area contributed by atoms with Crippen molar-refractivity contribution in [2.75, 3.05) is 109 Å². The first-order valence-corrected chi connectivity index (χ1v) is 14.7. The SMILES string of the molecule is CN(CC(=O)O)C(=O)CN(C)C(=O)CN(C)C(=O)CN(C)C(=O)CN(C)C(=O)CN(C)C(=O)CN(C)C(=O)CN(C)C(=O)OC(C)(C)C. The summed E-state index contributed by atoms with van der Waals surface area (Å²) in [6.07, 6.45) is -0.703. The van der Waals surface area contributed by atoms with Crippen molar-refractivity contribution in [1.82, 2.24) is 39.2 Å². The van der Waals surface area contributed by atoms with Gasteiger partial charge in [-0.25, -0.2) is 4.79 Å². The van der Waals surface area contributed by atoms with Crippen LogP contribution in [0.5, 0.6) is 0 Å². The summed E-state index contributed by atoms with van der Waals surface area (Å²) in [5, 5.41) is 8.79. The topological polar surface area (TPSA) is 209 Å². The average molecular weight is 687 g/mol. The van der Waals surface area contributed by atoms with Gasteiger partial charge < -0.3 is 49.0 Å². The summed E-state index contributed by atoms with van der Waals surface area (Å²) in [6, 6.07) is 0. The second-order valence-electron chi connectivity index (χ2n) is 12.5. The second-order valence-corrected chi connectivity index (χ2v) is 12.5. The molecule has 19 heteroatoms. The molecular weight excluding hydrogens is 636 g/mol. The molecule has 0 aromatic heterocycles. The lowest BCUT2D eigenvalue weighted by Crippen LogP contribution is -2.49. The minimum Gasteiger partial charge on any atom is -0.480 e. The molecule has 0 bridgehead atoms. The van der Waals surface area contributed by atoms with Crippen molar-refractivity contribution >= 4 is 53.4 Å². The van der Waals surface area contributed by atoms with Gasteiger partial charge in [0.1, 0.15) is 18.7 Å². The van der Waals surface area contributed by atoms with E-state index >= 15 is 0 Å². The number of ether oxygens (including phenoxy) is 1. The minimum absolute atomic E-state index is 0.333. The number of nitrogens with zero attached hydrogens (tertiary/aromatic N) is 8. The van der Waals surface area contributed by atoms with Crippen LogP contribution in [0.3, 0.4) is 0 Å². The van der Waals surface area contributed by atoms with Gasteiger partial charge in [-0.2, -0.15) is 0 Å². The number of hydrogen-bond acceptors (Lipinski definition) is 10. The molecule has 0 spiro atoms. The van der Waals surface area contributed by atoms with Gasteiger partial charge in [0, 0.05) is 56.4 Å². The fourth-order valence-corrected chi connectivity index (χ4v) is 3.49. The zero-order valence-electron chi connectivity index (χ0n) is 29.8. The van der Waals surface area contributed by atoms with E-state index in [1.165, 1.54) is 56.4 Å². The zero-order valence-corrected chi connectivity index (χ0v) is 29.8. The summed E-state index contributed by atoms with van der Waals surface area (Å²) in [4.78, 5) is 119. The van der Waals surface area contributed by atoms with E-state index in [4.69, 9.17) is 9.84 Å². The Morgan fingerprint density at radius 3 is 0.771 bits per heavy atom.